The predicted octanol–water partition coefficient (Wildman–Crippen LogP) is 7.26. The van der Waals surface area contributed by atoms with Gasteiger partial charge < -0.3 is 86.1 Å². The third-order valence-corrected chi connectivity index (χ3v) is 18.6. The third kappa shape index (κ3) is 42.1. The summed E-state index contributed by atoms with van der Waals surface area (Å²) in [5.41, 5.74) is 4.62. The molecule has 0 aromatic carbocycles. The number of hydrogen-bond acceptors (Lipinski definition) is 17. The van der Waals surface area contributed by atoms with Crippen molar-refractivity contribution in [2.45, 2.75) is 226 Å². The topological polar surface area (TPSA) is 344 Å². The van der Waals surface area contributed by atoms with Gasteiger partial charge in [-0.15, -0.1) is 0 Å². The maximum Gasteiger partial charge on any atom is 0.471 e. The molecule has 11 N–H and O–H groups in total. The SMILES string of the molecule is CCC1(CO)CCN(C(=O)CCCCCNC(=O)C(F)(F)F)CC1.COC(C)(OC)OC.O=C(CCCCCNC(=O)C(F)(F)F)N1CCC(CO)(CO)CC1.[3H]CC1(CC)CCN(C(=O)CCCCCNC(=O)C(F)(F)F)CC1.[3H]CC1(CO)CCN(C(=O)CCCCCN)CC1.[3H]OC.[3H]OC. The first-order valence-electron chi connectivity index (χ1n) is 36.7. The molecule has 33 heteroatoms. The van der Waals surface area contributed by atoms with E-state index in [0.717, 1.165) is 70.6 Å². The molecule has 0 spiro atoms. The Bertz CT molecular complexity index is 2080. The summed E-state index contributed by atoms with van der Waals surface area (Å²) in [5, 5.41) is 49.9. The van der Waals surface area contributed by atoms with Crippen molar-refractivity contribution in [2.75, 3.05) is 141 Å². The number of nitrogens with two attached hydrogens (primary N) is 1. The highest BCUT2D eigenvalue weighted by Crippen LogP contribution is 2.36. The van der Waals surface area contributed by atoms with Crippen LogP contribution < -0.4 is 21.7 Å². The fourth-order valence-corrected chi connectivity index (χ4v) is 10.5. The summed E-state index contributed by atoms with van der Waals surface area (Å²) in [6.07, 6.45) is 2.53. The molecule has 4 aliphatic rings. The zero-order chi connectivity index (χ0) is 80.1. The number of carbonyl (C=O) groups is 7. The van der Waals surface area contributed by atoms with Gasteiger partial charge in [0.25, 0.3) is 5.97 Å². The number of aliphatic hydroxyl groups is 6. The van der Waals surface area contributed by atoms with Crippen molar-refractivity contribution in [2.24, 2.45) is 27.4 Å². The maximum atomic E-state index is 12.1. The number of unbranched alkanes of at least 4 members (excludes halogenated alkanes) is 8. The first-order chi connectivity index (χ1) is 48.9. The van der Waals surface area contributed by atoms with Crippen LogP contribution in [0.15, 0.2) is 0 Å². The van der Waals surface area contributed by atoms with Gasteiger partial charge in [0, 0.05) is 162 Å². The van der Waals surface area contributed by atoms with Gasteiger partial charge in [-0.3, -0.25) is 33.6 Å². The summed E-state index contributed by atoms with van der Waals surface area (Å²) in [4.78, 5) is 87.2. The van der Waals surface area contributed by atoms with Crippen LogP contribution in [-0.2, 0) is 47.8 Å². The molecule has 100 heavy (non-hydrogen) atoms. The van der Waals surface area contributed by atoms with Crippen molar-refractivity contribution in [3.63, 3.8) is 0 Å². The van der Waals surface area contributed by atoms with Crippen molar-refractivity contribution in [1.29, 1.82) is 2.86 Å². The molecule has 0 aromatic rings. The molecule has 7 amide bonds. The van der Waals surface area contributed by atoms with Gasteiger partial charge in [-0.25, -0.2) is 0 Å². The van der Waals surface area contributed by atoms with Gasteiger partial charge in [0.15, 0.2) is 0 Å². The summed E-state index contributed by atoms with van der Waals surface area (Å²) in [6, 6.07) is 0. The standard InChI is InChI=1S/C16H27F3N2O3.C16H27F3N2O2.C15H25F3N2O4.C13H26N2O2.C5H12O3.2CH4O/c1-2-15(12-22)7-10-21(11-8-15)13(23)6-4-3-5-9-20-14(24)16(17,18)19;1-3-15(2)8-11-21(12-9-15)13(22)7-5-4-6-10-20-14(23)16(17,18)19;16-15(17,18)13(24)19-7-3-1-2-4-12(23)20-8-5-14(10-21,11-22)6-9-20;1-13(11-16)6-9-15(10-7-13)12(17)5-3-2-4-8-14;1-5(6-2,7-3)8-4;2*1-2/h22H,2-12H2,1H3,(H,20,24);3-12H2,1-2H3,(H,20,23);21-22H,1-11H2,(H,19,24);16H,2-11,14H2,1H3;1-4H3;2*2H,1H3/i;2T;;1T;;2*2T. The van der Waals surface area contributed by atoms with Gasteiger partial charge in [-0.05, 0) is 132 Å². The monoisotopic (exact) mass is 1480 g/mol. The Morgan fingerprint density at radius 3 is 0.900 bits per heavy atom. The van der Waals surface area contributed by atoms with Crippen molar-refractivity contribution in [1.82, 2.24) is 35.6 Å². The van der Waals surface area contributed by atoms with E-state index in [0.29, 0.717) is 162 Å². The number of amides is 7. The summed E-state index contributed by atoms with van der Waals surface area (Å²) in [6.45, 7) is 12.1. The normalized spacial score (nSPS) is 17.5. The van der Waals surface area contributed by atoms with Crippen molar-refractivity contribution in [3.05, 3.63) is 0 Å². The van der Waals surface area contributed by atoms with Crippen LogP contribution in [0.5, 0.6) is 0 Å². The van der Waals surface area contributed by atoms with Crippen molar-refractivity contribution >= 4 is 41.4 Å². The van der Waals surface area contributed by atoms with E-state index in [1.54, 1.807) is 22.0 Å². The van der Waals surface area contributed by atoms with E-state index in [1.165, 1.54) is 35.5 Å². The molecule has 0 aliphatic carbocycles. The predicted molar refractivity (Wildman–Crippen MR) is 359 cm³/mol. The molecular formula is C67H125F9N8O16. The van der Waals surface area contributed by atoms with E-state index in [4.69, 9.17) is 25.5 Å². The van der Waals surface area contributed by atoms with E-state index in [-0.39, 0.29) is 92.8 Å². The highest BCUT2D eigenvalue weighted by Gasteiger charge is 2.41. The average Bonchev–Trinajstić information content (AvgIpc) is 0.851. The number of alkyl halides is 9. The van der Waals surface area contributed by atoms with Crippen LogP contribution >= 0.6 is 0 Å². The molecular weight excluding hydrogens is 1340 g/mol. The molecule has 4 rings (SSSR count). The molecule has 592 valence electrons. The minimum atomic E-state index is -4.86. The Hall–Kier alpha value is -4.74. The largest absolute Gasteiger partial charge is 0.471 e. The fraction of sp³-hybridized carbons (Fsp3) is 0.896. The minimum absolute atomic E-state index is 0.0289. The van der Waals surface area contributed by atoms with E-state index < -0.39 is 47.6 Å². The van der Waals surface area contributed by atoms with Crippen LogP contribution in [-0.4, -0.2) is 259 Å². The summed E-state index contributed by atoms with van der Waals surface area (Å²) in [7, 11) is 7.15. The Balaban J connectivity index is -0.00000123. The second kappa shape index (κ2) is 53.1. The maximum absolute atomic E-state index is 12.1. The molecule has 0 radical (unpaired) electrons. The number of carbonyl (C=O) groups excluding carboxylic acids is 7. The zero-order valence-electron chi connectivity index (χ0n) is 64.6. The number of likely N-dealkylation sites (tertiary alicyclic amines) is 4. The second-order valence-corrected chi connectivity index (χ2v) is 25.6. The molecule has 4 saturated heterocycles. The number of piperidine rings is 4. The number of halogens is 9. The van der Waals surface area contributed by atoms with E-state index in [2.05, 4.69) is 17.1 Å². The quantitative estimate of drug-likeness (QED) is 0.0180. The number of methoxy groups -OCH3 is 3. The van der Waals surface area contributed by atoms with Gasteiger partial charge in [-0.1, -0.05) is 59.8 Å². The molecule has 0 unspecified atom stereocenters. The lowest BCUT2D eigenvalue weighted by Gasteiger charge is -2.40. The zero-order valence-corrected chi connectivity index (χ0v) is 60.6. The first-order valence-corrected chi connectivity index (χ1v) is 34.4. The van der Waals surface area contributed by atoms with Crippen LogP contribution in [0.1, 0.15) is 204 Å². The van der Waals surface area contributed by atoms with Gasteiger partial charge in [0.2, 0.25) is 26.5 Å². The first kappa shape index (κ1) is 91.3. The summed E-state index contributed by atoms with van der Waals surface area (Å²) >= 11 is 0. The Kier molecular flexibility index (Phi) is 48.5. The highest BCUT2D eigenvalue weighted by molar-refractivity contribution is 5.82. The number of ether oxygens (including phenoxy) is 3. The number of nitrogens with zero attached hydrogens (tertiary/aromatic N) is 4. The number of nitrogens with one attached hydrogen (secondary N) is 3. The molecule has 4 heterocycles. The molecule has 4 fully saturated rings. The van der Waals surface area contributed by atoms with Gasteiger partial charge in [0.1, 0.15) is 0 Å². The number of rotatable bonds is 32. The molecule has 24 nitrogen and oxygen atoms in total. The average molecular weight is 1480 g/mol. The Morgan fingerprint density at radius 1 is 0.430 bits per heavy atom. The van der Waals surface area contributed by atoms with E-state index in [1.807, 2.05) is 27.4 Å². The highest BCUT2D eigenvalue weighted by atomic mass is 19.4. The minimum Gasteiger partial charge on any atom is -0.400 e. The second-order valence-electron chi connectivity index (χ2n) is 25.6. The van der Waals surface area contributed by atoms with E-state index in [9.17, 15) is 93.5 Å². The van der Waals surface area contributed by atoms with Crippen LogP contribution in [0.3, 0.4) is 0 Å². The molecule has 0 atom stereocenters. The van der Waals surface area contributed by atoms with Crippen LogP contribution in [0, 0.1) is 21.7 Å². The summed E-state index contributed by atoms with van der Waals surface area (Å²) in [5.74, 6) is -6.35. The van der Waals surface area contributed by atoms with Gasteiger partial charge >= 0.3 is 36.3 Å². The van der Waals surface area contributed by atoms with Gasteiger partial charge in [0.05, 0.1) is 13.2 Å². The fourth-order valence-electron chi connectivity index (χ4n) is 10.5. The molecule has 0 aromatic heterocycles. The van der Waals surface area contributed by atoms with Gasteiger partial charge in [-0.2, -0.15) is 39.5 Å². The Labute approximate surface area is 592 Å². The number of aliphatic hydroxyl groups excluding tert-OH is 6. The van der Waals surface area contributed by atoms with Crippen molar-refractivity contribution in [3.8, 4) is 0 Å². The number of hydrogen-bond donors (Lipinski definition) is 10. The molecule has 0 saturated carbocycles. The lowest BCUT2D eigenvalue weighted by molar-refractivity contribution is -0.340. The van der Waals surface area contributed by atoms with Crippen molar-refractivity contribution < 1.29 is 121 Å². The Morgan fingerprint density at radius 2 is 0.690 bits per heavy atom. The smallest absolute Gasteiger partial charge is 0.400 e. The molecule has 0 bridgehead atoms. The summed E-state index contributed by atoms with van der Waals surface area (Å²) < 4.78 is 149. The lowest BCUT2D eigenvalue weighted by atomic mass is 9.77. The lowest BCUT2D eigenvalue weighted by Crippen LogP contribution is -2.46. The molecule has 4 aliphatic heterocycles. The van der Waals surface area contributed by atoms with Crippen LogP contribution in [0.4, 0.5) is 39.5 Å². The van der Waals surface area contributed by atoms with E-state index >= 15 is 0 Å². The van der Waals surface area contributed by atoms with Crippen LogP contribution in [0.2, 0.25) is 0 Å². The third-order valence-electron chi connectivity index (χ3n) is 18.6. The van der Waals surface area contributed by atoms with Crippen LogP contribution in [0.25, 0.3) is 0 Å².